The Morgan fingerprint density at radius 3 is 2.84 bits per heavy atom. The number of fused-ring (bicyclic) bond motifs is 3. The summed E-state index contributed by atoms with van der Waals surface area (Å²) in [5.41, 5.74) is 3.49. The van der Waals surface area contributed by atoms with Crippen LogP contribution in [0, 0.1) is 0 Å². The fourth-order valence-electron chi connectivity index (χ4n) is 4.56. The molecule has 1 amide bonds. The van der Waals surface area contributed by atoms with Gasteiger partial charge in [0.2, 0.25) is 5.91 Å². The van der Waals surface area contributed by atoms with Crippen LogP contribution in [0.1, 0.15) is 58.7 Å². The zero-order chi connectivity index (χ0) is 26.1. The van der Waals surface area contributed by atoms with Gasteiger partial charge in [0.25, 0.3) is 0 Å². The minimum Gasteiger partial charge on any atom is -0.507 e. The molecule has 1 unspecified atom stereocenters. The van der Waals surface area contributed by atoms with E-state index < -0.39 is 5.97 Å². The first-order chi connectivity index (χ1) is 17.9. The molecular weight excluding hydrogens is 474 g/mol. The third-order valence-electron chi connectivity index (χ3n) is 6.29. The Kier molecular flexibility index (Phi) is 6.39. The van der Waals surface area contributed by atoms with Gasteiger partial charge in [-0.1, -0.05) is 24.3 Å². The molecule has 2 aromatic carbocycles. The summed E-state index contributed by atoms with van der Waals surface area (Å²) in [6.45, 7) is 4.06. The van der Waals surface area contributed by atoms with Crippen molar-refractivity contribution in [1.29, 1.82) is 0 Å². The van der Waals surface area contributed by atoms with Gasteiger partial charge in [0.1, 0.15) is 17.5 Å². The van der Waals surface area contributed by atoms with Crippen LogP contribution in [0.5, 0.6) is 5.75 Å². The fourth-order valence-corrected chi connectivity index (χ4v) is 4.56. The second-order valence-corrected chi connectivity index (χ2v) is 9.05. The lowest BCUT2D eigenvalue weighted by atomic mass is 9.88. The molecule has 1 atom stereocenters. The van der Waals surface area contributed by atoms with Crippen LogP contribution >= 0.6 is 0 Å². The van der Waals surface area contributed by atoms with Crippen LogP contribution in [-0.2, 0) is 22.5 Å². The van der Waals surface area contributed by atoms with Gasteiger partial charge < -0.3 is 15.2 Å². The van der Waals surface area contributed by atoms with E-state index in [1.54, 1.807) is 54.3 Å². The second-order valence-electron chi connectivity index (χ2n) is 9.05. The Bertz CT molecular complexity index is 1530. The molecular formula is C27H25N5O5. The molecule has 0 aliphatic carbocycles. The number of nitrogens with one attached hydrogen (secondary N) is 1. The molecule has 3 heterocycles. The van der Waals surface area contributed by atoms with Crippen LogP contribution in [0.25, 0.3) is 22.0 Å². The van der Waals surface area contributed by atoms with Crippen LogP contribution in [0.3, 0.4) is 0 Å². The number of pyridine rings is 1. The third-order valence-corrected chi connectivity index (χ3v) is 6.29. The highest BCUT2D eigenvalue weighted by atomic mass is 16.5. The zero-order valence-corrected chi connectivity index (χ0v) is 20.4. The first-order valence-electron chi connectivity index (χ1n) is 12.0. The molecule has 2 N–H and O–H groups in total. The number of esters is 1. The van der Waals surface area contributed by atoms with Gasteiger partial charge in [0.05, 0.1) is 41.4 Å². The van der Waals surface area contributed by atoms with Gasteiger partial charge >= 0.3 is 5.97 Å². The van der Waals surface area contributed by atoms with E-state index in [9.17, 15) is 19.5 Å². The molecule has 0 saturated heterocycles. The second kappa shape index (κ2) is 9.81. The number of carbonyl (C=O) groups excluding carboxylic acids is 3. The van der Waals surface area contributed by atoms with Crippen molar-refractivity contribution in [3.8, 4) is 17.0 Å². The van der Waals surface area contributed by atoms with Crippen LogP contribution in [-0.4, -0.2) is 49.4 Å². The molecule has 0 spiro atoms. The number of amides is 1. The molecule has 0 bridgehead atoms. The number of aromatic hydroxyl groups is 1. The molecule has 188 valence electrons. The van der Waals surface area contributed by atoms with Gasteiger partial charge in [-0.05, 0) is 37.1 Å². The Labute approximate surface area is 212 Å². The highest BCUT2D eigenvalue weighted by Gasteiger charge is 2.30. The normalized spacial score (nSPS) is 14.8. The van der Waals surface area contributed by atoms with E-state index >= 15 is 0 Å². The summed E-state index contributed by atoms with van der Waals surface area (Å²) in [6, 6.07) is 8.79. The number of carbonyl (C=O) groups is 3. The summed E-state index contributed by atoms with van der Waals surface area (Å²) < 4.78 is 7.01. The number of cyclic esters (lactones) is 1. The Morgan fingerprint density at radius 2 is 2.11 bits per heavy atom. The molecule has 1 aliphatic rings. The van der Waals surface area contributed by atoms with Crippen LogP contribution in [0.2, 0.25) is 0 Å². The number of hydrogen-bond acceptors (Lipinski definition) is 8. The fraction of sp³-hybridized carbons (Fsp3) is 0.259. The highest BCUT2D eigenvalue weighted by molar-refractivity contribution is 6.12. The Balaban J connectivity index is 1.42. The zero-order valence-electron chi connectivity index (χ0n) is 20.4. The van der Waals surface area contributed by atoms with Gasteiger partial charge in [-0.15, -0.1) is 5.10 Å². The van der Waals surface area contributed by atoms with E-state index in [2.05, 4.69) is 20.6 Å². The quantitative estimate of drug-likeness (QED) is 0.289. The molecule has 1 aliphatic heterocycles. The van der Waals surface area contributed by atoms with E-state index in [4.69, 9.17) is 4.74 Å². The monoisotopic (exact) mass is 499 g/mol. The molecule has 0 radical (unpaired) electrons. The number of nitrogens with zero attached hydrogens (tertiary/aromatic N) is 4. The third kappa shape index (κ3) is 4.65. The number of ether oxygens (including phenoxy) is 1. The lowest BCUT2D eigenvalue weighted by Gasteiger charge is -2.25. The summed E-state index contributed by atoms with van der Waals surface area (Å²) in [5, 5.41) is 23.0. The average Bonchev–Trinajstić information content (AvgIpc) is 3.33. The molecule has 0 fully saturated rings. The minimum atomic E-state index is -0.510. The summed E-state index contributed by atoms with van der Waals surface area (Å²) in [4.78, 5) is 40.6. The molecule has 5 rings (SSSR count). The predicted octanol–water partition coefficient (Wildman–Crippen LogP) is 3.90. The topological polar surface area (TPSA) is 136 Å². The summed E-state index contributed by atoms with van der Waals surface area (Å²) in [6.07, 6.45) is 5.13. The average molecular weight is 500 g/mol. The Morgan fingerprint density at radius 1 is 1.27 bits per heavy atom. The van der Waals surface area contributed by atoms with Crippen molar-refractivity contribution in [1.82, 2.24) is 20.0 Å². The molecule has 10 nitrogen and oxygen atoms in total. The smallest absolute Gasteiger partial charge is 0.339 e. The van der Waals surface area contributed by atoms with E-state index in [1.807, 2.05) is 6.92 Å². The number of phenolic OH excluding ortho intramolecular Hbond substituents is 1. The number of aldehydes is 1. The molecule has 10 heteroatoms. The molecule has 4 aromatic rings. The van der Waals surface area contributed by atoms with E-state index in [0.717, 1.165) is 12.1 Å². The summed E-state index contributed by atoms with van der Waals surface area (Å²) in [5.74, 6) is -0.731. The van der Waals surface area contributed by atoms with Gasteiger partial charge in [0.15, 0.2) is 6.29 Å². The Hall–Kier alpha value is -4.60. The number of phenols is 1. The van der Waals surface area contributed by atoms with Gasteiger partial charge in [-0.3, -0.25) is 14.6 Å². The predicted molar refractivity (Wildman–Crippen MR) is 135 cm³/mol. The number of anilines is 1. The molecule has 37 heavy (non-hydrogen) atoms. The van der Waals surface area contributed by atoms with Gasteiger partial charge in [0, 0.05) is 29.2 Å². The minimum absolute atomic E-state index is 0.0494. The first kappa shape index (κ1) is 24.1. The van der Waals surface area contributed by atoms with Crippen LogP contribution in [0.4, 0.5) is 5.69 Å². The maximum atomic E-state index is 12.7. The highest BCUT2D eigenvalue weighted by Crippen LogP contribution is 2.39. The standard InChI is InChI=1S/C27H25N5O5/c1-3-4-24(34)29-17-6-7-18(28-11-17)12-32-13-23(30-31-32)16-5-8-19-21(10-16)26(35)22(14-33)20-9-15(2)37-27(36)25(19)20/h5-8,10-11,13-15,35H,3-4,9,12H2,1-2H3,(H,29,34). The van der Waals surface area contributed by atoms with E-state index in [0.29, 0.717) is 64.5 Å². The first-order valence-corrected chi connectivity index (χ1v) is 12.0. The summed E-state index contributed by atoms with van der Waals surface area (Å²) >= 11 is 0. The van der Waals surface area contributed by atoms with E-state index in [-0.39, 0.29) is 23.3 Å². The lowest BCUT2D eigenvalue weighted by molar-refractivity contribution is -0.116. The maximum absolute atomic E-state index is 12.7. The van der Waals surface area contributed by atoms with Crippen LogP contribution < -0.4 is 5.32 Å². The van der Waals surface area contributed by atoms with Crippen molar-refractivity contribution >= 4 is 34.6 Å². The van der Waals surface area contributed by atoms with Crippen molar-refractivity contribution in [2.45, 2.75) is 45.8 Å². The van der Waals surface area contributed by atoms with E-state index in [1.165, 1.54) is 0 Å². The van der Waals surface area contributed by atoms with Gasteiger partial charge in [-0.2, -0.15) is 0 Å². The summed E-state index contributed by atoms with van der Waals surface area (Å²) in [7, 11) is 0. The van der Waals surface area contributed by atoms with Crippen molar-refractivity contribution in [3.63, 3.8) is 0 Å². The number of hydrogen-bond donors (Lipinski definition) is 2. The lowest BCUT2D eigenvalue weighted by Crippen LogP contribution is -2.26. The van der Waals surface area contributed by atoms with Crippen molar-refractivity contribution in [2.24, 2.45) is 0 Å². The number of aromatic nitrogens is 4. The number of benzene rings is 2. The van der Waals surface area contributed by atoms with Crippen molar-refractivity contribution in [2.75, 3.05) is 5.32 Å². The SMILES string of the molecule is CCCC(=O)Nc1ccc(Cn2cc(-c3ccc4c5c(c(C=O)c(O)c4c3)CC(C)OC5=O)nn2)nc1. The van der Waals surface area contributed by atoms with Gasteiger partial charge in [-0.25, -0.2) is 9.48 Å². The van der Waals surface area contributed by atoms with Crippen molar-refractivity contribution < 1.29 is 24.2 Å². The van der Waals surface area contributed by atoms with Crippen LogP contribution in [0.15, 0.2) is 42.7 Å². The van der Waals surface area contributed by atoms with Crippen molar-refractivity contribution in [3.05, 3.63) is 65.1 Å². The maximum Gasteiger partial charge on any atom is 0.339 e. The number of rotatable bonds is 7. The molecule has 2 aromatic heterocycles. The largest absolute Gasteiger partial charge is 0.507 e. The molecule has 0 saturated carbocycles.